The smallest absolute Gasteiger partial charge is 0.374 e. The van der Waals surface area contributed by atoms with E-state index < -0.39 is 35.7 Å². The second-order valence-electron chi connectivity index (χ2n) is 9.96. The van der Waals surface area contributed by atoms with Crippen molar-refractivity contribution in [3.8, 4) is 0 Å². The highest BCUT2D eigenvalue weighted by Crippen LogP contribution is 2.18. The lowest BCUT2D eigenvalue weighted by atomic mass is 10.5. The van der Waals surface area contributed by atoms with Crippen molar-refractivity contribution in [1.82, 2.24) is 31.1 Å². The Labute approximate surface area is 290 Å². The van der Waals surface area contributed by atoms with E-state index in [1.807, 2.05) is 41.5 Å². The quantitative estimate of drug-likeness (QED) is 0.0485. The first kappa shape index (κ1) is 45.9. The van der Waals surface area contributed by atoms with Gasteiger partial charge < -0.3 is 57.3 Å². The van der Waals surface area contributed by atoms with Crippen molar-refractivity contribution >= 4 is 35.7 Å². The van der Waals surface area contributed by atoms with Gasteiger partial charge in [0.25, 0.3) is 0 Å². The maximum absolute atomic E-state index is 13.5. The van der Waals surface area contributed by atoms with Gasteiger partial charge in [-0.25, -0.2) is 14.4 Å². The molecule has 0 aliphatic rings. The Morgan fingerprint density at radius 3 is 1.06 bits per heavy atom. The molecule has 0 aromatic heterocycles. The van der Waals surface area contributed by atoms with Gasteiger partial charge in [-0.2, -0.15) is 0 Å². The van der Waals surface area contributed by atoms with Crippen LogP contribution in [0.4, 0.5) is 14.4 Å². The van der Waals surface area contributed by atoms with Gasteiger partial charge in [0, 0.05) is 78.0 Å². The molecular weight excluding hydrogens is 665 g/mol. The number of amides is 6. The Bertz CT molecular complexity index is 755. The van der Waals surface area contributed by atoms with E-state index in [2.05, 4.69) is 21.3 Å². The Hall–Kier alpha value is -2.08. The summed E-state index contributed by atoms with van der Waals surface area (Å²) in [4.78, 5) is 41.3. The lowest BCUT2D eigenvalue weighted by Crippen LogP contribution is -2.54. The fourth-order valence-electron chi connectivity index (χ4n) is 4.42. The molecule has 0 aliphatic heterocycles. The van der Waals surface area contributed by atoms with E-state index in [9.17, 15) is 14.4 Å². The summed E-state index contributed by atoms with van der Waals surface area (Å²) in [5, 5.41) is 11.0. The highest BCUT2D eigenvalue weighted by molar-refractivity contribution is 6.61. The van der Waals surface area contributed by atoms with Crippen molar-refractivity contribution in [3.05, 3.63) is 0 Å². The van der Waals surface area contributed by atoms with E-state index in [-0.39, 0.29) is 26.8 Å². The van der Waals surface area contributed by atoms with E-state index in [1.54, 1.807) is 13.8 Å². The normalized spacial score (nSPS) is 11.7. The summed E-state index contributed by atoms with van der Waals surface area (Å²) in [6, 6.07) is -0.305. The van der Waals surface area contributed by atoms with Crippen molar-refractivity contribution < 1.29 is 50.4 Å². The van der Waals surface area contributed by atoms with Crippen LogP contribution in [0.5, 0.6) is 0 Å². The van der Waals surface area contributed by atoms with Crippen LogP contribution in [0.15, 0.2) is 0 Å². The number of urea groups is 3. The summed E-state index contributed by atoms with van der Waals surface area (Å²) >= 11 is 0. The second kappa shape index (κ2) is 28.7. The van der Waals surface area contributed by atoms with E-state index in [0.717, 1.165) is 0 Å². The largest absolute Gasteiger partial charge is 0.500 e. The highest BCUT2D eigenvalue weighted by Gasteiger charge is 2.40. The van der Waals surface area contributed by atoms with Crippen molar-refractivity contribution in [3.63, 3.8) is 0 Å². The zero-order chi connectivity index (χ0) is 36.1. The van der Waals surface area contributed by atoms with Gasteiger partial charge in [0.15, 0.2) is 0 Å². The van der Waals surface area contributed by atoms with Crippen molar-refractivity contribution in [2.24, 2.45) is 0 Å². The molecule has 0 radical (unpaired) electrons. The number of carbonyl (C=O) groups excluding carboxylic acids is 3. The molecule has 4 N–H and O–H groups in total. The van der Waals surface area contributed by atoms with Gasteiger partial charge in [0.2, 0.25) is 0 Å². The first-order valence-corrected chi connectivity index (χ1v) is 21.1. The minimum absolute atomic E-state index is 0.0826. The van der Waals surface area contributed by atoms with Gasteiger partial charge >= 0.3 is 35.7 Å². The zero-order valence-electron chi connectivity index (χ0n) is 30.6. The van der Waals surface area contributed by atoms with E-state index >= 15 is 0 Å². The monoisotopic (exact) mass is 728 g/mol. The molecule has 0 aromatic rings. The number of hydrogen-bond donors (Lipinski definition) is 4. The summed E-state index contributed by atoms with van der Waals surface area (Å²) in [6.07, 6.45) is 1.18. The Kier molecular flexibility index (Phi) is 27.5. The Morgan fingerprint density at radius 2 is 0.792 bits per heavy atom. The molecule has 48 heavy (non-hydrogen) atoms. The van der Waals surface area contributed by atoms with Crippen LogP contribution < -0.4 is 21.3 Å². The van der Waals surface area contributed by atoms with Crippen molar-refractivity contribution in [1.29, 1.82) is 0 Å². The number of carbonyl (C=O) groups is 3. The third-order valence-corrected chi connectivity index (χ3v) is 12.7. The fourth-order valence-corrected chi connectivity index (χ4v) is 9.64. The molecule has 0 aliphatic carbocycles. The fraction of sp³-hybridized carbons (Fsp3) is 0.897. The van der Waals surface area contributed by atoms with Crippen LogP contribution in [-0.4, -0.2) is 138 Å². The summed E-state index contributed by atoms with van der Waals surface area (Å²) in [5.74, 6) is 0. The molecule has 6 amide bonds. The molecule has 0 aromatic carbocycles. The van der Waals surface area contributed by atoms with Gasteiger partial charge in [-0.15, -0.1) is 0 Å². The summed E-state index contributed by atoms with van der Waals surface area (Å²) in [6.45, 7) is 18.8. The predicted octanol–water partition coefficient (Wildman–Crippen LogP) is 3.09. The van der Waals surface area contributed by atoms with Crippen LogP contribution in [0.1, 0.15) is 68.2 Å². The Morgan fingerprint density at radius 1 is 0.479 bits per heavy atom. The van der Waals surface area contributed by atoms with Crippen LogP contribution in [0, 0.1) is 0 Å². The number of nitrogens with zero attached hydrogens (tertiary/aromatic N) is 2. The molecule has 17 nitrogen and oxygen atoms in total. The van der Waals surface area contributed by atoms with Gasteiger partial charge in [0.05, 0.1) is 13.3 Å². The summed E-state index contributed by atoms with van der Waals surface area (Å²) < 4.78 is 46.1. The highest BCUT2D eigenvalue weighted by atomic mass is 28.4. The molecule has 0 bridgehead atoms. The lowest BCUT2D eigenvalue weighted by Gasteiger charge is -2.30. The van der Waals surface area contributed by atoms with Crippen molar-refractivity contribution in [2.75, 3.05) is 92.7 Å². The molecule has 0 rings (SSSR count). The van der Waals surface area contributed by atoms with Gasteiger partial charge in [0.1, 0.15) is 13.5 Å². The molecule has 0 saturated heterocycles. The summed E-state index contributed by atoms with van der Waals surface area (Å²) in [7, 11) is -5.61. The first-order chi connectivity index (χ1) is 23.1. The SMILES string of the molecule is CCOCN(CNC(=O)NCCC[Si](OCC)(OCC)OCC)C(=O)N(CNC(=O)NCCC[Si](OCC)(OCC)OCC)COCC. The topological polar surface area (TPSA) is 180 Å². The number of rotatable bonds is 30. The molecule has 284 valence electrons. The maximum atomic E-state index is 13.5. The lowest BCUT2D eigenvalue weighted by molar-refractivity contribution is 0.0108. The standard InChI is InChI=1S/C29H64N6O11Si2/c1-9-39-25-34(23-32-27(36)30-19-17-21-47(41-11-3,42-12-4)43-13-5)29(38)35(26-40-10-2)24-33-28(37)31-20-18-22-48(44-14-6,45-15-7)46-16-8/h9-26H2,1-8H3,(H2,30,32,36)(H2,31,33,37). The minimum Gasteiger partial charge on any atom is -0.374 e. The van der Waals surface area contributed by atoms with Crippen LogP contribution >= 0.6 is 0 Å². The molecule has 0 spiro atoms. The predicted molar refractivity (Wildman–Crippen MR) is 185 cm³/mol. The maximum Gasteiger partial charge on any atom is 0.500 e. The number of nitrogens with one attached hydrogen (secondary N) is 4. The van der Waals surface area contributed by atoms with Crippen LogP contribution in [-0.2, 0) is 36.0 Å². The van der Waals surface area contributed by atoms with Crippen molar-refractivity contribution in [2.45, 2.75) is 80.3 Å². The average molecular weight is 729 g/mol. The first-order valence-electron chi connectivity index (χ1n) is 17.2. The van der Waals surface area contributed by atoms with Crippen LogP contribution in [0.2, 0.25) is 12.1 Å². The average Bonchev–Trinajstić information content (AvgIpc) is 3.06. The minimum atomic E-state index is -2.81. The summed E-state index contributed by atoms with van der Waals surface area (Å²) in [5.41, 5.74) is 0. The molecule has 0 atom stereocenters. The second-order valence-corrected chi connectivity index (χ2v) is 15.4. The molecule has 0 saturated carbocycles. The third kappa shape index (κ3) is 19.8. The van der Waals surface area contributed by atoms with Crippen LogP contribution in [0.3, 0.4) is 0 Å². The molecule has 0 unspecified atom stereocenters. The van der Waals surface area contributed by atoms with Gasteiger partial charge in [-0.05, 0) is 68.2 Å². The number of hydrogen-bond acceptors (Lipinski definition) is 11. The van der Waals surface area contributed by atoms with Crippen LogP contribution in [0.25, 0.3) is 0 Å². The van der Waals surface area contributed by atoms with Gasteiger partial charge in [-0.3, -0.25) is 9.80 Å². The molecule has 0 fully saturated rings. The Balaban J connectivity index is 5.06. The molecule has 0 heterocycles. The third-order valence-electron chi connectivity index (χ3n) is 6.38. The zero-order valence-corrected chi connectivity index (χ0v) is 32.6. The molecular formula is C29H64N6O11Si2. The van der Waals surface area contributed by atoms with E-state index in [4.69, 9.17) is 36.0 Å². The van der Waals surface area contributed by atoms with E-state index in [0.29, 0.717) is 90.9 Å². The van der Waals surface area contributed by atoms with Gasteiger partial charge in [-0.1, -0.05) is 0 Å². The van der Waals surface area contributed by atoms with E-state index in [1.165, 1.54) is 9.80 Å². The number of ether oxygens (including phenoxy) is 2. The molecule has 19 heteroatoms.